The second-order valence-corrected chi connectivity index (χ2v) is 5.42. The summed E-state index contributed by atoms with van der Waals surface area (Å²) >= 11 is 5.73. The molecule has 2 aromatic carbocycles. The second kappa shape index (κ2) is 7.53. The Balaban J connectivity index is 2.22. The molecular weight excluding hydrogens is 292 g/mol. The van der Waals surface area contributed by atoms with Gasteiger partial charge in [-0.25, -0.2) is 8.78 Å². The summed E-state index contributed by atoms with van der Waals surface area (Å²) in [5.74, 6) is -0.694. The molecule has 0 spiro atoms. The SMILES string of the molecule is CCCNC(Cc1cccc(F)c1)c1ccc(Cl)c(F)c1. The lowest BCUT2D eigenvalue weighted by Crippen LogP contribution is -2.24. The van der Waals surface area contributed by atoms with E-state index >= 15 is 0 Å². The number of nitrogens with one attached hydrogen (secondary N) is 1. The molecule has 21 heavy (non-hydrogen) atoms. The van der Waals surface area contributed by atoms with Gasteiger partial charge in [0.05, 0.1) is 5.02 Å². The van der Waals surface area contributed by atoms with Crippen LogP contribution in [-0.2, 0) is 6.42 Å². The first-order chi connectivity index (χ1) is 10.1. The Labute approximate surface area is 128 Å². The molecule has 2 rings (SSSR count). The normalized spacial score (nSPS) is 12.4. The first kappa shape index (κ1) is 15.9. The minimum atomic E-state index is -0.434. The molecule has 0 fully saturated rings. The highest BCUT2D eigenvalue weighted by Crippen LogP contribution is 2.23. The number of benzene rings is 2. The summed E-state index contributed by atoms with van der Waals surface area (Å²) in [5, 5.41) is 3.48. The van der Waals surface area contributed by atoms with E-state index in [4.69, 9.17) is 11.6 Å². The summed E-state index contributed by atoms with van der Waals surface area (Å²) in [7, 11) is 0. The largest absolute Gasteiger partial charge is 0.310 e. The fourth-order valence-electron chi connectivity index (χ4n) is 2.26. The molecule has 112 valence electrons. The minimum absolute atomic E-state index is 0.0708. The van der Waals surface area contributed by atoms with Crippen LogP contribution in [0.4, 0.5) is 8.78 Å². The van der Waals surface area contributed by atoms with Gasteiger partial charge in [0, 0.05) is 6.04 Å². The molecule has 1 unspecified atom stereocenters. The summed E-state index contributed by atoms with van der Waals surface area (Å²) in [5.41, 5.74) is 1.69. The summed E-state index contributed by atoms with van der Waals surface area (Å²) in [4.78, 5) is 0. The number of rotatable bonds is 6. The van der Waals surface area contributed by atoms with Crippen LogP contribution >= 0.6 is 11.6 Å². The summed E-state index contributed by atoms with van der Waals surface area (Å²) in [6.45, 7) is 2.87. The Kier molecular flexibility index (Phi) is 5.71. The molecule has 0 saturated carbocycles. The monoisotopic (exact) mass is 309 g/mol. The van der Waals surface area contributed by atoms with Gasteiger partial charge in [-0.15, -0.1) is 0 Å². The molecule has 0 bridgehead atoms. The quantitative estimate of drug-likeness (QED) is 0.800. The van der Waals surface area contributed by atoms with Crippen LogP contribution in [0.25, 0.3) is 0 Å². The smallest absolute Gasteiger partial charge is 0.142 e. The van der Waals surface area contributed by atoms with Crippen LogP contribution in [0.1, 0.15) is 30.5 Å². The van der Waals surface area contributed by atoms with Gasteiger partial charge in [-0.3, -0.25) is 0 Å². The van der Waals surface area contributed by atoms with E-state index < -0.39 is 5.82 Å². The molecule has 4 heteroatoms. The van der Waals surface area contributed by atoms with E-state index in [9.17, 15) is 8.78 Å². The van der Waals surface area contributed by atoms with E-state index in [-0.39, 0.29) is 16.9 Å². The third kappa shape index (κ3) is 4.51. The van der Waals surface area contributed by atoms with Gasteiger partial charge in [-0.05, 0) is 54.8 Å². The van der Waals surface area contributed by atoms with Crippen molar-refractivity contribution < 1.29 is 8.78 Å². The summed E-state index contributed by atoms with van der Waals surface area (Å²) < 4.78 is 26.9. The van der Waals surface area contributed by atoms with Gasteiger partial charge in [0.1, 0.15) is 11.6 Å². The van der Waals surface area contributed by atoms with Crippen LogP contribution in [0.3, 0.4) is 0 Å². The molecule has 2 aromatic rings. The van der Waals surface area contributed by atoms with Crippen molar-refractivity contribution in [2.75, 3.05) is 6.54 Å². The van der Waals surface area contributed by atoms with Gasteiger partial charge in [-0.1, -0.05) is 36.7 Å². The molecule has 1 atom stereocenters. The van der Waals surface area contributed by atoms with E-state index in [1.54, 1.807) is 18.2 Å². The highest BCUT2D eigenvalue weighted by Gasteiger charge is 2.14. The third-order valence-electron chi connectivity index (χ3n) is 3.32. The lowest BCUT2D eigenvalue weighted by atomic mass is 9.98. The van der Waals surface area contributed by atoms with Gasteiger partial charge >= 0.3 is 0 Å². The molecular formula is C17H18ClF2N. The zero-order valence-corrected chi connectivity index (χ0v) is 12.6. The average molecular weight is 310 g/mol. The maximum atomic E-state index is 13.6. The molecule has 0 saturated heterocycles. The molecule has 0 aliphatic heterocycles. The zero-order chi connectivity index (χ0) is 15.2. The Bertz CT molecular complexity index is 601. The van der Waals surface area contributed by atoms with Crippen molar-refractivity contribution in [2.45, 2.75) is 25.8 Å². The van der Waals surface area contributed by atoms with Crippen molar-refractivity contribution in [3.05, 3.63) is 70.2 Å². The first-order valence-corrected chi connectivity index (χ1v) is 7.40. The van der Waals surface area contributed by atoms with E-state index in [1.165, 1.54) is 18.2 Å². The highest BCUT2D eigenvalue weighted by molar-refractivity contribution is 6.30. The van der Waals surface area contributed by atoms with Crippen LogP contribution in [0.5, 0.6) is 0 Å². The first-order valence-electron chi connectivity index (χ1n) is 7.03. The van der Waals surface area contributed by atoms with Gasteiger partial charge in [0.15, 0.2) is 0 Å². The van der Waals surface area contributed by atoms with Crippen LogP contribution in [0.2, 0.25) is 5.02 Å². The molecule has 0 heterocycles. The van der Waals surface area contributed by atoms with Crippen molar-refractivity contribution in [2.24, 2.45) is 0 Å². The van der Waals surface area contributed by atoms with Gasteiger partial charge in [0.25, 0.3) is 0 Å². The van der Waals surface area contributed by atoms with Crippen LogP contribution in [0, 0.1) is 11.6 Å². The molecule has 1 nitrogen and oxygen atoms in total. The minimum Gasteiger partial charge on any atom is -0.310 e. The summed E-state index contributed by atoms with van der Waals surface area (Å²) in [6, 6.07) is 11.2. The van der Waals surface area contributed by atoms with Crippen molar-refractivity contribution in [1.29, 1.82) is 0 Å². The molecule has 0 aromatic heterocycles. The van der Waals surface area contributed by atoms with Crippen LogP contribution in [-0.4, -0.2) is 6.54 Å². The van der Waals surface area contributed by atoms with E-state index in [0.717, 1.165) is 24.1 Å². The number of hydrogen-bond donors (Lipinski definition) is 1. The third-order valence-corrected chi connectivity index (χ3v) is 3.62. The average Bonchev–Trinajstić information content (AvgIpc) is 2.46. The predicted molar refractivity (Wildman–Crippen MR) is 82.5 cm³/mol. The molecule has 0 amide bonds. The maximum Gasteiger partial charge on any atom is 0.142 e. The van der Waals surface area contributed by atoms with Crippen LogP contribution < -0.4 is 5.32 Å². The van der Waals surface area contributed by atoms with E-state index in [1.807, 2.05) is 6.07 Å². The standard InChI is InChI=1S/C17H18ClF2N/c1-2-8-21-17(10-12-4-3-5-14(19)9-12)13-6-7-15(18)16(20)11-13/h3-7,9,11,17,21H,2,8,10H2,1H3. The van der Waals surface area contributed by atoms with E-state index in [0.29, 0.717) is 6.42 Å². The number of hydrogen-bond acceptors (Lipinski definition) is 1. The Hall–Kier alpha value is -1.45. The molecule has 0 aliphatic rings. The van der Waals surface area contributed by atoms with Gasteiger partial charge in [0.2, 0.25) is 0 Å². The number of halogens is 3. The summed E-state index contributed by atoms with van der Waals surface area (Å²) in [6.07, 6.45) is 1.56. The lowest BCUT2D eigenvalue weighted by molar-refractivity contribution is 0.522. The van der Waals surface area contributed by atoms with Crippen molar-refractivity contribution in [3.8, 4) is 0 Å². The van der Waals surface area contributed by atoms with Crippen molar-refractivity contribution >= 4 is 11.6 Å². The maximum absolute atomic E-state index is 13.6. The zero-order valence-electron chi connectivity index (χ0n) is 11.9. The van der Waals surface area contributed by atoms with Gasteiger partial charge in [-0.2, -0.15) is 0 Å². The van der Waals surface area contributed by atoms with Gasteiger partial charge < -0.3 is 5.32 Å². The van der Waals surface area contributed by atoms with Crippen LogP contribution in [0.15, 0.2) is 42.5 Å². The Morgan fingerprint density at radius 2 is 1.95 bits per heavy atom. The molecule has 1 N–H and O–H groups in total. The molecule has 0 aliphatic carbocycles. The lowest BCUT2D eigenvalue weighted by Gasteiger charge is -2.19. The Morgan fingerprint density at radius 1 is 1.14 bits per heavy atom. The fourth-order valence-corrected chi connectivity index (χ4v) is 2.37. The van der Waals surface area contributed by atoms with Crippen molar-refractivity contribution in [1.82, 2.24) is 5.32 Å². The van der Waals surface area contributed by atoms with Crippen molar-refractivity contribution in [3.63, 3.8) is 0 Å². The Morgan fingerprint density at radius 3 is 2.62 bits per heavy atom. The molecule has 0 radical (unpaired) electrons. The predicted octanol–water partition coefficient (Wildman–Crippen LogP) is 4.90. The van der Waals surface area contributed by atoms with E-state index in [2.05, 4.69) is 12.2 Å². The second-order valence-electron chi connectivity index (χ2n) is 5.01. The fraction of sp³-hybridized carbons (Fsp3) is 0.294. The highest BCUT2D eigenvalue weighted by atomic mass is 35.5. The topological polar surface area (TPSA) is 12.0 Å².